The molecular formula is C14H12BrN7S. The average Bonchev–Trinajstić information content (AvgIpc) is 3.21. The van der Waals surface area contributed by atoms with E-state index in [2.05, 4.69) is 60.3 Å². The summed E-state index contributed by atoms with van der Waals surface area (Å²) >= 11 is 5.07. The second-order valence-corrected chi connectivity index (χ2v) is 7.07. The molecule has 4 rings (SSSR count). The van der Waals surface area contributed by atoms with Crippen molar-refractivity contribution in [1.29, 1.82) is 0 Å². The molecule has 4 aromatic rings. The van der Waals surface area contributed by atoms with Crippen LogP contribution in [0.4, 0.5) is 0 Å². The molecule has 0 saturated carbocycles. The molecule has 0 aliphatic carbocycles. The highest BCUT2D eigenvalue weighted by atomic mass is 79.9. The van der Waals surface area contributed by atoms with Gasteiger partial charge in [0.25, 0.3) is 0 Å². The summed E-state index contributed by atoms with van der Waals surface area (Å²) in [5, 5.41) is 21.3. The summed E-state index contributed by atoms with van der Waals surface area (Å²) in [6.07, 6.45) is 3.47. The molecule has 0 amide bonds. The molecule has 0 radical (unpaired) electrons. The van der Waals surface area contributed by atoms with Gasteiger partial charge in [-0.2, -0.15) is 14.7 Å². The predicted molar refractivity (Wildman–Crippen MR) is 91.3 cm³/mol. The van der Waals surface area contributed by atoms with Crippen LogP contribution in [0.2, 0.25) is 0 Å². The van der Waals surface area contributed by atoms with Gasteiger partial charge in [0.05, 0.1) is 10.2 Å². The number of aromatic amines is 1. The van der Waals surface area contributed by atoms with Crippen LogP contribution in [0.5, 0.6) is 0 Å². The maximum atomic E-state index is 4.62. The summed E-state index contributed by atoms with van der Waals surface area (Å²) in [5.74, 6) is 1.02. The van der Waals surface area contributed by atoms with Gasteiger partial charge in [-0.05, 0) is 34.0 Å². The van der Waals surface area contributed by atoms with Gasteiger partial charge in [-0.1, -0.05) is 25.2 Å². The Morgan fingerprint density at radius 3 is 2.87 bits per heavy atom. The van der Waals surface area contributed by atoms with Gasteiger partial charge in [-0.15, -0.1) is 10.2 Å². The van der Waals surface area contributed by atoms with Gasteiger partial charge < -0.3 is 0 Å². The van der Waals surface area contributed by atoms with E-state index >= 15 is 0 Å². The minimum absolute atomic E-state index is 0.349. The second-order valence-electron chi connectivity index (χ2n) is 5.32. The molecule has 23 heavy (non-hydrogen) atoms. The molecule has 9 heteroatoms. The monoisotopic (exact) mass is 389 g/mol. The molecule has 0 fully saturated rings. The van der Waals surface area contributed by atoms with Gasteiger partial charge in [0.1, 0.15) is 5.69 Å². The molecule has 0 aliphatic heterocycles. The second kappa shape index (κ2) is 5.50. The molecule has 0 aromatic carbocycles. The normalized spacial score (nSPS) is 11.7. The number of halogens is 1. The van der Waals surface area contributed by atoms with Crippen LogP contribution in [0.3, 0.4) is 0 Å². The number of H-pyrrole nitrogens is 1. The largest absolute Gasteiger partial charge is 0.280 e. The number of hydrogen-bond donors (Lipinski definition) is 1. The number of nitrogens with zero attached hydrogens (tertiary/aromatic N) is 6. The Kier molecular flexibility index (Phi) is 3.46. The van der Waals surface area contributed by atoms with Crippen molar-refractivity contribution in [2.24, 2.45) is 0 Å². The van der Waals surface area contributed by atoms with Crippen LogP contribution < -0.4 is 0 Å². The summed E-state index contributed by atoms with van der Waals surface area (Å²) < 4.78 is 2.67. The van der Waals surface area contributed by atoms with Crippen molar-refractivity contribution in [2.45, 2.75) is 19.8 Å². The third kappa shape index (κ3) is 2.36. The summed E-state index contributed by atoms with van der Waals surface area (Å²) in [4.78, 5) is 4.84. The maximum Gasteiger partial charge on any atom is 0.235 e. The molecule has 0 atom stereocenters. The molecule has 4 aromatic heterocycles. The van der Waals surface area contributed by atoms with E-state index in [1.807, 2.05) is 12.1 Å². The molecule has 0 saturated heterocycles. The Hall–Kier alpha value is -2.13. The van der Waals surface area contributed by atoms with Gasteiger partial charge in [0, 0.05) is 18.0 Å². The summed E-state index contributed by atoms with van der Waals surface area (Å²) in [6, 6.07) is 3.80. The van der Waals surface area contributed by atoms with Crippen molar-refractivity contribution < 1.29 is 0 Å². The van der Waals surface area contributed by atoms with E-state index in [0.717, 1.165) is 31.4 Å². The summed E-state index contributed by atoms with van der Waals surface area (Å²) in [5.41, 5.74) is 2.72. The minimum Gasteiger partial charge on any atom is -0.280 e. The summed E-state index contributed by atoms with van der Waals surface area (Å²) in [7, 11) is 0. The van der Waals surface area contributed by atoms with Crippen LogP contribution in [0, 0.1) is 0 Å². The highest BCUT2D eigenvalue weighted by Crippen LogP contribution is 2.35. The molecule has 0 unspecified atom stereocenters. The van der Waals surface area contributed by atoms with Crippen molar-refractivity contribution in [3.63, 3.8) is 0 Å². The van der Waals surface area contributed by atoms with E-state index < -0.39 is 0 Å². The highest BCUT2D eigenvalue weighted by Gasteiger charge is 2.20. The number of pyridine rings is 1. The van der Waals surface area contributed by atoms with E-state index in [1.54, 1.807) is 16.9 Å². The predicted octanol–water partition coefficient (Wildman–Crippen LogP) is 3.52. The SMILES string of the molecule is CC(C)c1[nH]nc(-c2nn3c(-c4cccnc4)nnc3s2)c1Br. The van der Waals surface area contributed by atoms with Crippen LogP contribution in [-0.2, 0) is 0 Å². The van der Waals surface area contributed by atoms with Crippen molar-refractivity contribution in [1.82, 2.24) is 35.0 Å². The molecule has 4 heterocycles. The van der Waals surface area contributed by atoms with Gasteiger partial charge in [0.15, 0.2) is 10.8 Å². The Morgan fingerprint density at radius 2 is 2.17 bits per heavy atom. The fraction of sp³-hybridized carbons (Fsp3) is 0.214. The number of hydrogen-bond acceptors (Lipinski definition) is 6. The zero-order valence-electron chi connectivity index (χ0n) is 12.4. The first-order valence-corrected chi connectivity index (χ1v) is 8.63. The number of fused-ring (bicyclic) bond motifs is 1. The molecule has 116 valence electrons. The van der Waals surface area contributed by atoms with Gasteiger partial charge in [-0.25, -0.2) is 0 Å². The van der Waals surface area contributed by atoms with Crippen molar-refractivity contribution in [2.75, 3.05) is 0 Å². The van der Waals surface area contributed by atoms with Crippen molar-refractivity contribution >= 4 is 32.2 Å². The zero-order chi connectivity index (χ0) is 16.0. The van der Waals surface area contributed by atoms with Crippen LogP contribution in [0.15, 0.2) is 29.0 Å². The van der Waals surface area contributed by atoms with Gasteiger partial charge in [-0.3, -0.25) is 10.1 Å². The molecule has 0 spiro atoms. The Morgan fingerprint density at radius 1 is 1.30 bits per heavy atom. The standard InChI is InChI=1S/C14H12BrN7S/c1-7(2)10-9(15)11(18-17-10)13-21-22-12(19-20-14(22)23-13)8-4-3-5-16-6-8/h3-7H,1-2H3,(H,17,18). The minimum atomic E-state index is 0.349. The van der Waals surface area contributed by atoms with E-state index in [0.29, 0.717) is 11.7 Å². The van der Waals surface area contributed by atoms with Crippen LogP contribution in [0.1, 0.15) is 25.5 Å². The van der Waals surface area contributed by atoms with Gasteiger partial charge >= 0.3 is 0 Å². The first-order valence-electron chi connectivity index (χ1n) is 7.02. The lowest BCUT2D eigenvalue weighted by atomic mass is 10.1. The molecule has 1 N–H and O–H groups in total. The highest BCUT2D eigenvalue weighted by molar-refractivity contribution is 9.10. The summed E-state index contributed by atoms with van der Waals surface area (Å²) in [6.45, 7) is 4.22. The van der Waals surface area contributed by atoms with Crippen LogP contribution in [0.25, 0.3) is 27.1 Å². The van der Waals surface area contributed by atoms with E-state index in [4.69, 9.17) is 0 Å². The van der Waals surface area contributed by atoms with E-state index in [-0.39, 0.29) is 0 Å². The Bertz CT molecular complexity index is 970. The fourth-order valence-corrected chi connectivity index (χ4v) is 4.04. The van der Waals surface area contributed by atoms with Crippen molar-refractivity contribution in [3.8, 4) is 22.1 Å². The quantitative estimate of drug-likeness (QED) is 0.579. The molecular weight excluding hydrogens is 378 g/mol. The smallest absolute Gasteiger partial charge is 0.235 e. The zero-order valence-corrected chi connectivity index (χ0v) is 14.8. The van der Waals surface area contributed by atoms with Crippen LogP contribution >= 0.6 is 27.3 Å². The fourth-order valence-electron chi connectivity index (χ4n) is 2.25. The Balaban J connectivity index is 1.83. The van der Waals surface area contributed by atoms with E-state index in [1.165, 1.54) is 11.3 Å². The molecule has 7 nitrogen and oxygen atoms in total. The number of nitrogens with one attached hydrogen (secondary N) is 1. The lowest BCUT2D eigenvalue weighted by molar-refractivity contribution is 0.807. The Labute approximate surface area is 143 Å². The average molecular weight is 390 g/mol. The first kappa shape index (κ1) is 14.5. The van der Waals surface area contributed by atoms with Crippen molar-refractivity contribution in [3.05, 3.63) is 34.7 Å². The number of aromatic nitrogens is 7. The lowest BCUT2D eigenvalue weighted by Crippen LogP contribution is -1.91. The first-order chi connectivity index (χ1) is 11.1. The molecule has 0 aliphatic rings. The van der Waals surface area contributed by atoms with Gasteiger partial charge in [0.2, 0.25) is 4.96 Å². The lowest BCUT2D eigenvalue weighted by Gasteiger charge is -2.00. The number of rotatable bonds is 3. The molecule has 0 bridgehead atoms. The maximum absolute atomic E-state index is 4.62. The third-order valence-electron chi connectivity index (χ3n) is 3.42. The topological polar surface area (TPSA) is 84.7 Å². The third-order valence-corrected chi connectivity index (χ3v) is 5.13. The van der Waals surface area contributed by atoms with Crippen LogP contribution in [-0.4, -0.2) is 35.0 Å². The van der Waals surface area contributed by atoms with E-state index in [9.17, 15) is 0 Å².